The van der Waals surface area contributed by atoms with Crippen LogP contribution in [0.3, 0.4) is 0 Å². The molecule has 1 unspecified atom stereocenters. The molecule has 0 bridgehead atoms. The molecular formula is C14H17BrN2S. The number of aromatic nitrogens is 1. The molecule has 0 aliphatic rings. The molecule has 2 rings (SSSR count). The van der Waals surface area contributed by atoms with E-state index in [4.69, 9.17) is 4.98 Å². The van der Waals surface area contributed by atoms with Crippen molar-refractivity contribution < 1.29 is 0 Å². The average molecular weight is 325 g/mol. The van der Waals surface area contributed by atoms with Crippen molar-refractivity contribution in [3.05, 3.63) is 50.4 Å². The van der Waals surface area contributed by atoms with E-state index in [2.05, 4.69) is 64.7 Å². The average Bonchev–Trinajstić information content (AvgIpc) is 2.82. The lowest BCUT2D eigenvalue weighted by molar-refractivity contribution is 0.679. The van der Waals surface area contributed by atoms with Crippen molar-refractivity contribution in [2.45, 2.75) is 25.8 Å². The Balaban J connectivity index is 2.29. The highest BCUT2D eigenvalue weighted by Gasteiger charge is 2.16. The molecule has 0 spiro atoms. The minimum atomic E-state index is 0.176. The van der Waals surface area contributed by atoms with Gasteiger partial charge in [0.1, 0.15) is 5.01 Å². The lowest BCUT2D eigenvalue weighted by atomic mass is 10.1. The largest absolute Gasteiger partial charge is 0.307 e. The summed E-state index contributed by atoms with van der Waals surface area (Å²) in [6.45, 7) is 4.35. The Labute approximate surface area is 121 Å². The van der Waals surface area contributed by atoms with Crippen LogP contribution in [0.2, 0.25) is 0 Å². The first kappa shape index (κ1) is 13.7. The summed E-state index contributed by atoms with van der Waals surface area (Å²) in [7, 11) is 1.98. The molecule has 0 fully saturated rings. The van der Waals surface area contributed by atoms with Crippen molar-refractivity contribution in [3.63, 3.8) is 0 Å². The zero-order valence-corrected chi connectivity index (χ0v) is 13.2. The minimum Gasteiger partial charge on any atom is -0.307 e. The molecule has 0 saturated heterocycles. The molecule has 1 aromatic heterocycles. The van der Waals surface area contributed by atoms with Gasteiger partial charge in [0.15, 0.2) is 0 Å². The number of thiazole rings is 1. The van der Waals surface area contributed by atoms with E-state index in [1.807, 2.05) is 7.05 Å². The van der Waals surface area contributed by atoms with Crippen molar-refractivity contribution in [1.29, 1.82) is 0 Å². The highest BCUT2D eigenvalue weighted by atomic mass is 79.9. The third-order valence-electron chi connectivity index (χ3n) is 2.87. The Morgan fingerprint density at radius 1 is 1.22 bits per heavy atom. The topological polar surface area (TPSA) is 24.9 Å². The number of hydrogen-bond donors (Lipinski definition) is 1. The third-order valence-corrected chi connectivity index (χ3v) is 4.33. The summed E-state index contributed by atoms with van der Waals surface area (Å²) in [4.78, 5) is 4.72. The smallest absolute Gasteiger partial charge is 0.114 e. The highest BCUT2D eigenvalue weighted by molar-refractivity contribution is 9.10. The van der Waals surface area contributed by atoms with E-state index in [1.54, 1.807) is 11.3 Å². The Bertz CT molecular complexity index is 505. The first-order valence-electron chi connectivity index (χ1n) is 6.00. The molecule has 0 radical (unpaired) electrons. The predicted molar refractivity (Wildman–Crippen MR) is 81.2 cm³/mol. The van der Waals surface area contributed by atoms with E-state index < -0.39 is 0 Å². The van der Waals surface area contributed by atoms with Gasteiger partial charge in [-0.05, 0) is 30.7 Å². The molecule has 96 valence electrons. The van der Waals surface area contributed by atoms with Gasteiger partial charge >= 0.3 is 0 Å². The van der Waals surface area contributed by atoms with Crippen LogP contribution in [-0.4, -0.2) is 12.0 Å². The Morgan fingerprint density at radius 3 is 2.39 bits per heavy atom. The van der Waals surface area contributed by atoms with E-state index in [9.17, 15) is 0 Å². The van der Waals surface area contributed by atoms with Gasteiger partial charge in [-0.25, -0.2) is 4.98 Å². The van der Waals surface area contributed by atoms with Crippen LogP contribution in [0.1, 0.15) is 42.1 Å². The molecule has 1 aromatic carbocycles. The molecule has 18 heavy (non-hydrogen) atoms. The van der Waals surface area contributed by atoms with Crippen LogP contribution in [0.5, 0.6) is 0 Å². The zero-order chi connectivity index (χ0) is 13.1. The van der Waals surface area contributed by atoms with Crippen molar-refractivity contribution in [2.24, 2.45) is 0 Å². The van der Waals surface area contributed by atoms with Crippen LogP contribution < -0.4 is 5.32 Å². The van der Waals surface area contributed by atoms with Gasteiger partial charge in [-0.2, -0.15) is 0 Å². The number of hydrogen-bond acceptors (Lipinski definition) is 3. The fourth-order valence-electron chi connectivity index (χ4n) is 1.79. The van der Waals surface area contributed by atoms with Gasteiger partial charge in [0, 0.05) is 9.85 Å². The van der Waals surface area contributed by atoms with Gasteiger partial charge in [0.2, 0.25) is 0 Å². The fourth-order valence-corrected chi connectivity index (χ4v) is 3.17. The molecule has 0 aliphatic carbocycles. The van der Waals surface area contributed by atoms with E-state index in [-0.39, 0.29) is 6.04 Å². The number of halogens is 1. The molecule has 4 heteroatoms. The van der Waals surface area contributed by atoms with E-state index in [0.717, 1.165) is 9.48 Å². The van der Waals surface area contributed by atoms with E-state index in [0.29, 0.717) is 5.92 Å². The lowest BCUT2D eigenvalue weighted by Gasteiger charge is -2.14. The molecule has 2 nitrogen and oxygen atoms in total. The van der Waals surface area contributed by atoms with Gasteiger partial charge < -0.3 is 5.32 Å². The summed E-state index contributed by atoms with van der Waals surface area (Å²) < 4.78 is 1.10. The van der Waals surface area contributed by atoms with Crippen LogP contribution in [0.4, 0.5) is 0 Å². The number of nitrogens with zero attached hydrogens (tertiary/aromatic N) is 1. The second-order valence-electron chi connectivity index (χ2n) is 4.54. The summed E-state index contributed by atoms with van der Waals surface area (Å²) in [5, 5.41) is 6.62. The first-order chi connectivity index (χ1) is 8.61. The number of benzene rings is 1. The normalized spacial score (nSPS) is 12.9. The second-order valence-corrected chi connectivity index (χ2v) is 6.34. The number of nitrogens with one attached hydrogen (secondary N) is 1. The molecule has 2 aromatic rings. The van der Waals surface area contributed by atoms with Crippen LogP contribution in [-0.2, 0) is 0 Å². The van der Waals surface area contributed by atoms with Gasteiger partial charge in [-0.3, -0.25) is 0 Å². The van der Waals surface area contributed by atoms with Crippen LogP contribution in [0.15, 0.2) is 34.1 Å². The molecule has 0 amide bonds. The molecule has 1 heterocycles. The lowest BCUT2D eigenvalue weighted by Crippen LogP contribution is -2.17. The quantitative estimate of drug-likeness (QED) is 0.905. The molecule has 0 saturated carbocycles. The third kappa shape index (κ3) is 2.99. The Morgan fingerprint density at radius 2 is 1.89 bits per heavy atom. The standard InChI is InChI=1S/C14H17BrN2S/c1-9(2)12-8-18-14(17-12)13(16-3)10-4-6-11(15)7-5-10/h4-9,13,16H,1-3H3. The highest BCUT2D eigenvalue weighted by Crippen LogP contribution is 2.28. The van der Waals surface area contributed by atoms with Crippen molar-refractivity contribution in [3.8, 4) is 0 Å². The fraction of sp³-hybridized carbons (Fsp3) is 0.357. The monoisotopic (exact) mass is 324 g/mol. The summed E-state index contributed by atoms with van der Waals surface area (Å²) in [5.74, 6) is 0.484. The molecular weight excluding hydrogens is 308 g/mol. The van der Waals surface area contributed by atoms with Crippen molar-refractivity contribution >= 4 is 27.3 Å². The summed E-state index contributed by atoms with van der Waals surface area (Å²) >= 11 is 5.19. The Kier molecular flexibility index (Phi) is 4.54. The van der Waals surface area contributed by atoms with E-state index >= 15 is 0 Å². The van der Waals surface area contributed by atoms with Crippen LogP contribution >= 0.6 is 27.3 Å². The van der Waals surface area contributed by atoms with Crippen molar-refractivity contribution in [1.82, 2.24) is 10.3 Å². The predicted octanol–water partition coefficient (Wildman–Crippen LogP) is 4.34. The zero-order valence-electron chi connectivity index (χ0n) is 10.8. The maximum atomic E-state index is 4.72. The molecule has 0 aliphatic heterocycles. The summed E-state index contributed by atoms with van der Waals surface area (Å²) in [6, 6.07) is 8.56. The summed E-state index contributed by atoms with van der Waals surface area (Å²) in [6.07, 6.45) is 0. The van der Waals surface area contributed by atoms with Gasteiger partial charge in [-0.1, -0.05) is 41.9 Å². The van der Waals surface area contributed by atoms with Crippen LogP contribution in [0, 0.1) is 0 Å². The first-order valence-corrected chi connectivity index (χ1v) is 7.67. The SMILES string of the molecule is CNC(c1ccc(Br)cc1)c1nc(C(C)C)cs1. The number of rotatable bonds is 4. The minimum absolute atomic E-state index is 0.176. The van der Waals surface area contributed by atoms with Gasteiger partial charge in [0.25, 0.3) is 0 Å². The molecule has 1 N–H and O–H groups in total. The van der Waals surface area contributed by atoms with Crippen molar-refractivity contribution in [2.75, 3.05) is 7.05 Å². The maximum Gasteiger partial charge on any atom is 0.114 e. The Hall–Kier alpha value is -0.710. The van der Waals surface area contributed by atoms with Gasteiger partial charge in [-0.15, -0.1) is 11.3 Å². The summed E-state index contributed by atoms with van der Waals surface area (Å²) in [5.41, 5.74) is 2.41. The van der Waals surface area contributed by atoms with Crippen LogP contribution in [0.25, 0.3) is 0 Å². The second kappa shape index (κ2) is 5.95. The van der Waals surface area contributed by atoms with Gasteiger partial charge in [0.05, 0.1) is 11.7 Å². The maximum absolute atomic E-state index is 4.72. The van der Waals surface area contributed by atoms with E-state index in [1.165, 1.54) is 11.3 Å². The molecule has 1 atom stereocenters.